The first-order valence-electron chi connectivity index (χ1n) is 6.69. The lowest BCUT2D eigenvalue weighted by Gasteiger charge is -2.05. The topological polar surface area (TPSA) is 77.2 Å². The highest BCUT2D eigenvalue weighted by Gasteiger charge is 2.17. The summed E-state index contributed by atoms with van der Waals surface area (Å²) in [5, 5.41) is 3.65. The van der Waals surface area contributed by atoms with Crippen molar-refractivity contribution in [2.75, 3.05) is 18.2 Å². The van der Waals surface area contributed by atoms with Crippen LogP contribution in [0, 0.1) is 6.92 Å². The van der Waals surface area contributed by atoms with E-state index in [1.165, 1.54) is 11.3 Å². The number of anilines is 2. The van der Waals surface area contributed by atoms with Crippen LogP contribution in [0.5, 0.6) is 5.75 Å². The Balaban J connectivity index is 1.89. The summed E-state index contributed by atoms with van der Waals surface area (Å²) in [6, 6.07) is 10.9. The molecule has 0 saturated carbocycles. The number of methoxy groups -OCH3 is 1. The van der Waals surface area contributed by atoms with Crippen LogP contribution in [0.4, 0.5) is 11.4 Å². The summed E-state index contributed by atoms with van der Waals surface area (Å²) in [5.74, 6) is 0.502. The van der Waals surface area contributed by atoms with Crippen LogP contribution in [0.3, 0.4) is 0 Å². The van der Waals surface area contributed by atoms with Gasteiger partial charge in [-0.2, -0.15) is 0 Å². The van der Waals surface area contributed by atoms with E-state index in [9.17, 15) is 4.79 Å². The third-order valence-corrected chi connectivity index (χ3v) is 4.40. The third-order valence-electron chi connectivity index (χ3n) is 3.29. The molecule has 3 aromatic rings. The number of nitrogens with zero attached hydrogens (tertiary/aromatic N) is 1. The van der Waals surface area contributed by atoms with Gasteiger partial charge in [0.05, 0.1) is 12.8 Å². The van der Waals surface area contributed by atoms with E-state index in [0.29, 0.717) is 16.3 Å². The summed E-state index contributed by atoms with van der Waals surface area (Å²) in [4.78, 5) is 18.1. The van der Waals surface area contributed by atoms with Crippen molar-refractivity contribution in [3.05, 3.63) is 47.0 Å². The van der Waals surface area contributed by atoms with E-state index in [-0.39, 0.29) is 5.91 Å². The summed E-state index contributed by atoms with van der Waals surface area (Å²) in [6.07, 6.45) is 0. The molecule has 5 nitrogen and oxygen atoms in total. The molecule has 2 aromatic heterocycles. The van der Waals surface area contributed by atoms with Crippen molar-refractivity contribution < 1.29 is 9.53 Å². The molecule has 6 heteroatoms. The number of amides is 1. The van der Waals surface area contributed by atoms with E-state index in [1.807, 2.05) is 19.1 Å². The second-order valence-corrected chi connectivity index (χ2v) is 5.83. The summed E-state index contributed by atoms with van der Waals surface area (Å²) >= 11 is 1.30. The second kappa shape index (κ2) is 5.65. The zero-order chi connectivity index (χ0) is 15.7. The highest BCUT2D eigenvalue weighted by molar-refractivity contribution is 7.21. The summed E-state index contributed by atoms with van der Waals surface area (Å²) in [7, 11) is 1.60. The number of aromatic nitrogens is 1. The number of fused-ring (bicyclic) bond motifs is 1. The van der Waals surface area contributed by atoms with Crippen molar-refractivity contribution in [2.24, 2.45) is 0 Å². The van der Waals surface area contributed by atoms with Gasteiger partial charge in [-0.05, 0) is 43.3 Å². The molecule has 0 aliphatic carbocycles. The van der Waals surface area contributed by atoms with Crippen molar-refractivity contribution in [1.29, 1.82) is 0 Å². The zero-order valence-corrected chi connectivity index (χ0v) is 13.0. The largest absolute Gasteiger partial charge is 0.497 e. The molecule has 2 heterocycles. The van der Waals surface area contributed by atoms with Crippen molar-refractivity contribution in [3.8, 4) is 5.75 Å². The lowest BCUT2D eigenvalue weighted by molar-refractivity contribution is 0.103. The Morgan fingerprint density at radius 2 is 1.95 bits per heavy atom. The number of thiophene rings is 1. The van der Waals surface area contributed by atoms with Crippen molar-refractivity contribution in [3.63, 3.8) is 0 Å². The van der Waals surface area contributed by atoms with Crippen LogP contribution in [0.25, 0.3) is 10.2 Å². The molecule has 3 N–H and O–H groups in total. The zero-order valence-electron chi connectivity index (χ0n) is 12.2. The number of ether oxygens (including phenoxy) is 1. The molecule has 3 rings (SSSR count). The Kier molecular flexibility index (Phi) is 3.68. The van der Waals surface area contributed by atoms with E-state index >= 15 is 0 Å². The molecule has 0 unspecified atom stereocenters. The summed E-state index contributed by atoms with van der Waals surface area (Å²) in [5.41, 5.74) is 8.14. The molecule has 0 aliphatic rings. The number of pyridine rings is 1. The first-order valence-corrected chi connectivity index (χ1v) is 7.51. The molecular weight excluding hydrogens is 298 g/mol. The van der Waals surface area contributed by atoms with Gasteiger partial charge >= 0.3 is 0 Å². The monoisotopic (exact) mass is 313 g/mol. The number of nitrogen functional groups attached to an aromatic ring is 1. The minimum Gasteiger partial charge on any atom is -0.497 e. The predicted molar refractivity (Wildman–Crippen MR) is 89.7 cm³/mol. The predicted octanol–water partition coefficient (Wildman–Crippen LogP) is 3.45. The number of nitrogens with one attached hydrogen (secondary N) is 1. The molecular formula is C16H15N3O2S. The molecule has 22 heavy (non-hydrogen) atoms. The summed E-state index contributed by atoms with van der Waals surface area (Å²) < 4.78 is 5.09. The van der Waals surface area contributed by atoms with Gasteiger partial charge in [0.1, 0.15) is 15.5 Å². The van der Waals surface area contributed by atoms with Crippen molar-refractivity contribution in [1.82, 2.24) is 4.98 Å². The summed E-state index contributed by atoms with van der Waals surface area (Å²) in [6.45, 7) is 1.91. The number of hydrogen-bond acceptors (Lipinski definition) is 5. The van der Waals surface area contributed by atoms with Gasteiger partial charge < -0.3 is 15.8 Å². The minimum atomic E-state index is -0.233. The standard InChI is InChI=1S/C16H15N3O2S/c1-9-3-8-12-13(17)14(22-16(12)18-9)15(20)19-10-4-6-11(21-2)7-5-10/h3-8H,17H2,1-2H3,(H,19,20). The van der Waals surface area contributed by atoms with Crippen LogP contribution in [-0.2, 0) is 0 Å². The van der Waals surface area contributed by atoms with Gasteiger partial charge in [-0.25, -0.2) is 4.98 Å². The van der Waals surface area contributed by atoms with Gasteiger partial charge in [0.25, 0.3) is 5.91 Å². The lowest BCUT2D eigenvalue weighted by atomic mass is 10.2. The maximum Gasteiger partial charge on any atom is 0.267 e. The normalized spacial score (nSPS) is 10.6. The first-order chi connectivity index (χ1) is 10.6. The number of aryl methyl sites for hydroxylation is 1. The lowest BCUT2D eigenvalue weighted by Crippen LogP contribution is -2.11. The number of carbonyl (C=O) groups excluding carboxylic acids is 1. The third kappa shape index (κ3) is 2.60. The average Bonchev–Trinajstić information content (AvgIpc) is 2.84. The fourth-order valence-electron chi connectivity index (χ4n) is 2.12. The van der Waals surface area contributed by atoms with Crippen LogP contribution in [-0.4, -0.2) is 18.0 Å². The van der Waals surface area contributed by atoms with Crippen LogP contribution >= 0.6 is 11.3 Å². The van der Waals surface area contributed by atoms with E-state index < -0.39 is 0 Å². The van der Waals surface area contributed by atoms with Gasteiger partial charge in [0.2, 0.25) is 0 Å². The number of nitrogens with two attached hydrogens (primary N) is 1. The number of benzene rings is 1. The average molecular weight is 313 g/mol. The molecule has 0 fully saturated rings. The van der Waals surface area contributed by atoms with E-state index in [2.05, 4.69) is 10.3 Å². The highest BCUT2D eigenvalue weighted by Crippen LogP contribution is 2.33. The Morgan fingerprint density at radius 3 is 2.64 bits per heavy atom. The molecule has 112 valence electrons. The van der Waals surface area contributed by atoms with Gasteiger partial charge in [-0.15, -0.1) is 11.3 Å². The van der Waals surface area contributed by atoms with Gasteiger partial charge in [0.15, 0.2) is 0 Å². The maximum absolute atomic E-state index is 12.4. The molecule has 0 atom stereocenters. The fourth-order valence-corrected chi connectivity index (χ4v) is 3.16. The SMILES string of the molecule is COc1ccc(NC(=O)c2sc3nc(C)ccc3c2N)cc1. The Bertz CT molecular complexity index is 840. The molecule has 0 radical (unpaired) electrons. The quantitative estimate of drug-likeness (QED) is 0.776. The van der Waals surface area contributed by atoms with Crippen molar-refractivity contribution >= 4 is 38.8 Å². The minimum absolute atomic E-state index is 0.233. The molecule has 0 aliphatic heterocycles. The number of rotatable bonds is 3. The van der Waals surface area contributed by atoms with Gasteiger partial charge in [0, 0.05) is 16.8 Å². The fraction of sp³-hybridized carbons (Fsp3) is 0.125. The van der Waals surface area contributed by atoms with Crippen molar-refractivity contribution in [2.45, 2.75) is 6.92 Å². The molecule has 0 saturated heterocycles. The second-order valence-electron chi connectivity index (χ2n) is 4.83. The Morgan fingerprint density at radius 1 is 1.23 bits per heavy atom. The highest BCUT2D eigenvalue weighted by atomic mass is 32.1. The molecule has 1 aromatic carbocycles. The molecule has 1 amide bonds. The smallest absolute Gasteiger partial charge is 0.267 e. The van der Waals surface area contributed by atoms with Gasteiger partial charge in [-0.1, -0.05) is 0 Å². The maximum atomic E-state index is 12.4. The first kappa shape index (κ1) is 14.3. The van der Waals surface area contributed by atoms with Crippen LogP contribution in [0.2, 0.25) is 0 Å². The number of hydrogen-bond donors (Lipinski definition) is 2. The van der Waals surface area contributed by atoms with E-state index in [4.69, 9.17) is 10.5 Å². The number of carbonyl (C=O) groups is 1. The van der Waals surface area contributed by atoms with Crippen LogP contribution in [0.1, 0.15) is 15.4 Å². The van der Waals surface area contributed by atoms with E-state index in [1.54, 1.807) is 31.4 Å². The van der Waals surface area contributed by atoms with E-state index in [0.717, 1.165) is 21.7 Å². The molecule has 0 spiro atoms. The Labute approximate surface area is 131 Å². The van der Waals surface area contributed by atoms with Crippen LogP contribution in [0.15, 0.2) is 36.4 Å². The molecule has 0 bridgehead atoms. The van der Waals surface area contributed by atoms with Crippen LogP contribution < -0.4 is 15.8 Å². The Hall–Kier alpha value is -2.60. The van der Waals surface area contributed by atoms with Gasteiger partial charge in [-0.3, -0.25) is 4.79 Å².